The van der Waals surface area contributed by atoms with Crippen LogP contribution in [0.5, 0.6) is 0 Å². The highest BCUT2D eigenvalue weighted by Crippen LogP contribution is 2.28. The van der Waals surface area contributed by atoms with Crippen molar-refractivity contribution in [2.75, 3.05) is 0 Å². The molecule has 1 atom stereocenters. The average molecular weight is 249 g/mol. The number of aryl methyl sites for hydroxylation is 1. The van der Waals surface area contributed by atoms with E-state index in [9.17, 15) is 8.22 Å². The quantitative estimate of drug-likeness (QED) is 0.560. The number of hydrogen-bond acceptors (Lipinski definition) is 0. The normalized spacial score (nSPS) is 14.0. The van der Waals surface area contributed by atoms with E-state index >= 15 is 0 Å². The highest BCUT2D eigenvalue weighted by Gasteiger charge is 2.43. The van der Waals surface area contributed by atoms with Crippen LogP contribution in [0.4, 0.5) is 8.22 Å². The molecule has 0 aliphatic heterocycles. The number of rotatable bonds is 3. The Morgan fingerprint density at radius 2 is 1.93 bits per heavy atom. The minimum absolute atomic E-state index is 0.154. The van der Waals surface area contributed by atoms with Crippen molar-refractivity contribution in [3.05, 3.63) is 28.8 Å². The zero-order valence-electron chi connectivity index (χ0n) is 9.15. The molecule has 0 bridgehead atoms. The highest BCUT2D eigenvalue weighted by molar-refractivity contribution is 6.81. The number of halogens is 3. The second kappa shape index (κ2) is 4.62. The summed E-state index contributed by atoms with van der Waals surface area (Å²) in [5, 5.41) is 0.558. The summed E-state index contributed by atoms with van der Waals surface area (Å²) in [6.07, 6.45) is 0.505. The molecule has 15 heavy (non-hydrogen) atoms. The first-order valence-corrected chi connectivity index (χ1v) is 7.24. The van der Waals surface area contributed by atoms with Gasteiger partial charge >= 0.3 is 8.74 Å². The van der Waals surface area contributed by atoms with E-state index in [1.807, 2.05) is 0 Å². The van der Waals surface area contributed by atoms with Crippen LogP contribution in [0.25, 0.3) is 0 Å². The molecule has 0 saturated carbocycles. The summed E-state index contributed by atoms with van der Waals surface area (Å²) < 4.78 is 28.0. The Kier molecular flexibility index (Phi) is 3.90. The Morgan fingerprint density at radius 1 is 1.33 bits per heavy atom. The van der Waals surface area contributed by atoms with Gasteiger partial charge in [-0.2, -0.15) is 0 Å². The first-order valence-electron chi connectivity index (χ1n) is 5.03. The van der Waals surface area contributed by atoms with Gasteiger partial charge in [-0.3, -0.25) is 8.22 Å². The topological polar surface area (TPSA) is 0 Å². The minimum atomic E-state index is -4.33. The third kappa shape index (κ3) is 2.79. The molecule has 0 spiro atoms. The average Bonchev–Trinajstić information content (AvgIpc) is 2.15. The molecule has 84 valence electrons. The van der Waals surface area contributed by atoms with Gasteiger partial charge in [0.2, 0.25) is 0 Å². The second-order valence-electron chi connectivity index (χ2n) is 3.95. The third-order valence-corrected chi connectivity index (χ3v) is 5.58. The van der Waals surface area contributed by atoms with Gasteiger partial charge in [0, 0.05) is 15.8 Å². The van der Waals surface area contributed by atoms with Crippen molar-refractivity contribution in [3.63, 3.8) is 0 Å². The maximum absolute atomic E-state index is 14.0. The highest BCUT2D eigenvalue weighted by atomic mass is 35.5. The maximum atomic E-state index is 14.0. The van der Waals surface area contributed by atoms with E-state index in [0.717, 1.165) is 5.56 Å². The SMILES string of the molecule is CCC(C)[Si](F)(F)c1cc(C)cc(Cl)c1. The van der Waals surface area contributed by atoms with Crippen LogP contribution in [0.2, 0.25) is 10.6 Å². The molecule has 0 amide bonds. The van der Waals surface area contributed by atoms with E-state index in [1.165, 1.54) is 6.07 Å². The van der Waals surface area contributed by atoms with Crippen molar-refractivity contribution >= 4 is 25.5 Å². The van der Waals surface area contributed by atoms with Crippen molar-refractivity contribution in [1.82, 2.24) is 0 Å². The summed E-state index contributed by atoms with van der Waals surface area (Å²) in [5.74, 6) is 0. The smallest absolute Gasteiger partial charge is 0.264 e. The van der Waals surface area contributed by atoms with Crippen molar-refractivity contribution in [2.24, 2.45) is 0 Å². The zero-order valence-corrected chi connectivity index (χ0v) is 10.9. The van der Waals surface area contributed by atoms with E-state index in [2.05, 4.69) is 0 Å². The molecule has 0 aliphatic rings. The molecule has 1 aromatic rings. The van der Waals surface area contributed by atoms with E-state index in [1.54, 1.807) is 32.9 Å². The largest absolute Gasteiger partial charge is 0.458 e. The van der Waals surface area contributed by atoms with E-state index in [-0.39, 0.29) is 5.19 Å². The molecule has 0 aliphatic carbocycles. The molecule has 0 aromatic heterocycles. The fourth-order valence-electron chi connectivity index (χ4n) is 1.47. The lowest BCUT2D eigenvalue weighted by Gasteiger charge is -2.20. The first kappa shape index (κ1) is 12.7. The summed E-state index contributed by atoms with van der Waals surface area (Å²) >= 11 is 5.79. The zero-order chi connectivity index (χ0) is 11.6. The predicted octanol–water partition coefficient (Wildman–Crippen LogP) is 4.04. The van der Waals surface area contributed by atoms with E-state index in [4.69, 9.17) is 11.6 Å². The Morgan fingerprint density at radius 3 is 2.40 bits per heavy atom. The number of hydrogen-bond donors (Lipinski definition) is 0. The van der Waals surface area contributed by atoms with Crippen LogP contribution < -0.4 is 5.19 Å². The molecule has 0 heterocycles. The fraction of sp³-hybridized carbons (Fsp3) is 0.455. The molecule has 1 rings (SSSR count). The minimum Gasteiger partial charge on any atom is -0.264 e. The van der Waals surface area contributed by atoms with Gasteiger partial charge in [0.05, 0.1) is 0 Å². The van der Waals surface area contributed by atoms with Gasteiger partial charge < -0.3 is 0 Å². The van der Waals surface area contributed by atoms with Crippen molar-refractivity contribution in [2.45, 2.75) is 32.7 Å². The number of benzene rings is 1. The molecular formula is C11H15ClF2Si. The molecule has 1 aromatic carbocycles. The van der Waals surface area contributed by atoms with Gasteiger partial charge in [0.25, 0.3) is 0 Å². The molecular weight excluding hydrogens is 234 g/mol. The molecule has 0 nitrogen and oxygen atoms in total. The van der Waals surface area contributed by atoms with Gasteiger partial charge in [-0.25, -0.2) is 0 Å². The summed E-state index contributed by atoms with van der Waals surface area (Å²) in [6.45, 7) is 5.20. The second-order valence-corrected chi connectivity index (χ2v) is 7.19. The van der Waals surface area contributed by atoms with Crippen LogP contribution in [0.3, 0.4) is 0 Å². The van der Waals surface area contributed by atoms with Gasteiger partial charge in [0.1, 0.15) is 0 Å². The first-order chi connectivity index (χ1) is 6.87. The van der Waals surface area contributed by atoms with Crippen molar-refractivity contribution in [3.8, 4) is 0 Å². The lowest BCUT2D eigenvalue weighted by Crippen LogP contribution is -2.42. The summed E-state index contributed by atoms with van der Waals surface area (Å²) in [5.41, 5.74) is 0.267. The Bertz CT molecular complexity index is 332. The van der Waals surface area contributed by atoms with E-state index in [0.29, 0.717) is 11.4 Å². The fourth-order valence-corrected chi connectivity index (χ4v) is 3.70. The summed E-state index contributed by atoms with van der Waals surface area (Å²) in [4.78, 5) is 0. The van der Waals surface area contributed by atoms with Crippen LogP contribution in [-0.4, -0.2) is 8.74 Å². The Labute approximate surface area is 95.6 Å². The monoisotopic (exact) mass is 248 g/mol. The van der Waals surface area contributed by atoms with Gasteiger partial charge in [0.15, 0.2) is 0 Å². The van der Waals surface area contributed by atoms with Crippen molar-refractivity contribution in [1.29, 1.82) is 0 Å². The van der Waals surface area contributed by atoms with Crippen LogP contribution >= 0.6 is 11.6 Å². The van der Waals surface area contributed by atoms with Gasteiger partial charge in [-0.1, -0.05) is 37.9 Å². The Hall–Kier alpha value is -0.413. The molecule has 0 radical (unpaired) electrons. The van der Waals surface area contributed by atoms with Crippen molar-refractivity contribution < 1.29 is 8.22 Å². The van der Waals surface area contributed by atoms with Crippen LogP contribution in [0, 0.1) is 6.92 Å². The van der Waals surface area contributed by atoms with Gasteiger partial charge in [-0.05, 0) is 24.6 Å². The Balaban J connectivity index is 3.14. The lowest BCUT2D eigenvalue weighted by atomic mass is 10.2. The lowest BCUT2D eigenvalue weighted by molar-refractivity contribution is 0.573. The molecule has 1 unspecified atom stereocenters. The van der Waals surface area contributed by atoms with Crippen LogP contribution in [-0.2, 0) is 0 Å². The summed E-state index contributed by atoms with van der Waals surface area (Å²) in [7, 11) is -4.33. The third-order valence-electron chi connectivity index (χ3n) is 2.66. The van der Waals surface area contributed by atoms with Crippen LogP contribution in [0.15, 0.2) is 18.2 Å². The maximum Gasteiger partial charge on any atom is 0.458 e. The molecule has 0 N–H and O–H groups in total. The van der Waals surface area contributed by atoms with Crippen LogP contribution in [0.1, 0.15) is 25.8 Å². The molecule has 0 fully saturated rings. The molecule has 4 heteroatoms. The predicted molar refractivity (Wildman–Crippen MR) is 63.5 cm³/mol. The van der Waals surface area contributed by atoms with Gasteiger partial charge in [-0.15, -0.1) is 0 Å². The summed E-state index contributed by atoms with van der Waals surface area (Å²) in [6, 6.07) is 4.67. The standard InChI is InChI=1S/C11H15ClF2Si/c1-4-9(3)15(13,14)11-6-8(2)5-10(12)7-11/h5-7,9H,4H2,1-3H3. The van der Waals surface area contributed by atoms with E-state index < -0.39 is 14.3 Å². The molecule has 0 saturated heterocycles.